The van der Waals surface area contributed by atoms with E-state index in [1.807, 2.05) is 0 Å². The Balaban J connectivity index is 3.85. The SMILES string of the molecule is CC=C(C=C(I)CCCCCC)CCCCCC. The molecule has 0 aromatic rings. The molecule has 0 radical (unpaired) electrons. The Kier molecular flexibility index (Phi) is 13.8. The Morgan fingerprint density at radius 1 is 0.833 bits per heavy atom. The van der Waals surface area contributed by atoms with Gasteiger partial charge in [0, 0.05) is 0 Å². The van der Waals surface area contributed by atoms with Crippen molar-refractivity contribution in [3.05, 3.63) is 21.3 Å². The van der Waals surface area contributed by atoms with Gasteiger partial charge in [0.1, 0.15) is 0 Å². The predicted molar refractivity (Wildman–Crippen MR) is 93.4 cm³/mol. The van der Waals surface area contributed by atoms with Crippen molar-refractivity contribution in [3.63, 3.8) is 0 Å². The van der Waals surface area contributed by atoms with Crippen molar-refractivity contribution in [3.8, 4) is 0 Å². The van der Waals surface area contributed by atoms with E-state index in [1.165, 1.54) is 73.4 Å². The summed E-state index contributed by atoms with van der Waals surface area (Å²) < 4.78 is 1.53. The fourth-order valence-electron chi connectivity index (χ4n) is 2.05. The Hall–Kier alpha value is 0.210. The molecule has 1 heteroatoms. The zero-order valence-corrected chi connectivity index (χ0v) is 14.8. The van der Waals surface area contributed by atoms with Crippen LogP contribution < -0.4 is 0 Å². The third-order valence-electron chi connectivity index (χ3n) is 3.30. The average molecular weight is 362 g/mol. The highest BCUT2D eigenvalue weighted by atomic mass is 127. The van der Waals surface area contributed by atoms with Crippen LogP contribution in [0.2, 0.25) is 0 Å². The summed E-state index contributed by atoms with van der Waals surface area (Å²) in [7, 11) is 0. The Morgan fingerprint density at radius 3 is 1.89 bits per heavy atom. The minimum atomic E-state index is 1.26. The monoisotopic (exact) mass is 362 g/mol. The van der Waals surface area contributed by atoms with E-state index in [0.717, 1.165) is 0 Å². The van der Waals surface area contributed by atoms with Gasteiger partial charge in [0.25, 0.3) is 0 Å². The molecule has 0 unspecified atom stereocenters. The molecule has 0 amide bonds. The molecule has 0 spiro atoms. The normalized spacial score (nSPS) is 13.1. The van der Waals surface area contributed by atoms with Gasteiger partial charge in [-0.15, -0.1) is 0 Å². The van der Waals surface area contributed by atoms with Gasteiger partial charge >= 0.3 is 0 Å². The second-order valence-electron chi connectivity index (χ2n) is 5.08. The third kappa shape index (κ3) is 11.3. The van der Waals surface area contributed by atoms with E-state index >= 15 is 0 Å². The Morgan fingerprint density at radius 2 is 1.39 bits per heavy atom. The molecule has 0 saturated carbocycles. The molecular formula is C17H31I. The summed E-state index contributed by atoms with van der Waals surface area (Å²) in [6.45, 7) is 6.72. The van der Waals surface area contributed by atoms with Crippen LogP contribution >= 0.6 is 22.6 Å². The predicted octanol–water partition coefficient (Wildman–Crippen LogP) is 7.19. The first kappa shape index (κ1) is 18.2. The van der Waals surface area contributed by atoms with Crippen LogP contribution in [0.25, 0.3) is 0 Å². The first-order valence-electron chi connectivity index (χ1n) is 7.75. The fourth-order valence-corrected chi connectivity index (χ4v) is 2.83. The number of unbranched alkanes of at least 4 members (excludes halogenated alkanes) is 6. The minimum absolute atomic E-state index is 1.26. The molecule has 0 fully saturated rings. The van der Waals surface area contributed by atoms with Gasteiger partial charge in [-0.25, -0.2) is 0 Å². The van der Waals surface area contributed by atoms with Crippen LogP contribution in [0.15, 0.2) is 21.3 Å². The second-order valence-corrected chi connectivity index (χ2v) is 6.46. The molecule has 0 bridgehead atoms. The molecule has 0 aromatic carbocycles. The van der Waals surface area contributed by atoms with Gasteiger partial charge in [0.2, 0.25) is 0 Å². The standard InChI is InChI=1S/C17H31I/c1-4-7-9-11-13-16(6-3)15-17(18)14-12-10-8-5-2/h6,15H,4-5,7-14H2,1-3H3. The number of hydrogen-bond acceptors (Lipinski definition) is 0. The van der Waals surface area contributed by atoms with Crippen LogP contribution in [0.4, 0.5) is 0 Å². The zero-order chi connectivity index (χ0) is 13.6. The van der Waals surface area contributed by atoms with Crippen molar-refractivity contribution in [2.75, 3.05) is 0 Å². The van der Waals surface area contributed by atoms with Gasteiger partial charge in [0.05, 0.1) is 0 Å². The van der Waals surface area contributed by atoms with Crippen molar-refractivity contribution in [2.45, 2.75) is 85.0 Å². The fraction of sp³-hybridized carbons (Fsp3) is 0.765. The second kappa shape index (κ2) is 13.6. The maximum Gasteiger partial charge on any atom is -0.00914 e. The molecule has 0 heterocycles. The van der Waals surface area contributed by atoms with Crippen molar-refractivity contribution >= 4 is 22.6 Å². The lowest BCUT2D eigenvalue weighted by molar-refractivity contribution is 0.665. The number of halogens is 1. The zero-order valence-electron chi connectivity index (χ0n) is 12.6. The van der Waals surface area contributed by atoms with Crippen molar-refractivity contribution in [1.29, 1.82) is 0 Å². The Bertz CT molecular complexity index is 238. The average Bonchev–Trinajstić information content (AvgIpc) is 2.38. The molecule has 18 heavy (non-hydrogen) atoms. The minimum Gasteiger partial charge on any atom is -0.0844 e. The highest BCUT2D eigenvalue weighted by Gasteiger charge is 1.97. The number of rotatable bonds is 11. The maximum atomic E-state index is 2.52. The molecule has 0 aliphatic rings. The number of allylic oxidation sites excluding steroid dienone is 4. The van der Waals surface area contributed by atoms with Crippen LogP contribution in [-0.2, 0) is 0 Å². The largest absolute Gasteiger partial charge is 0.0844 e. The Labute approximate surface area is 128 Å². The summed E-state index contributed by atoms with van der Waals surface area (Å²) in [4.78, 5) is 0. The molecule has 0 rings (SSSR count). The highest BCUT2D eigenvalue weighted by Crippen LogP contribution is 2.21. The lowest BCUT2D eigenvalue weighted by Crippen LogP contribution is -1.84. The topological polar surface area (TPSA) is 0 Å². The summed E-state index contributed by atoms with van der Waals surface area (Å²) in [5.74, 6) is 0. The molecule has 0 nitrogen and oxygen atoms in total. The lowest BCUT2D eigenvalue weighted by Gasteiger charge is -2.04. The van der Waals surface area contributed by atoms with E-state index in [2.05, 4.69) is 55.5 Å². The summed E-state index contributed by atoms with van der Waals surface area (Å²) in [5, 5.41) is 0. The smallest absolute Gasteiger partial charge is 0.00914 e. The molecule has 0 aliphatic carbocycles. The summed E-state index contributed by atoms with van der Waals surface area (Å²) in [5.41, 5.74) is 1.53. The summed E-state index contributed by atoms with van der Waals surface area (Å²) in [6, 6.07) is 0. The van der Waals surface area contributed by atoms with E-state index in [9.17, 15) is 0 Å². The van der Waals surface area contributed by atoms with Crippen LogP contribution in [0.5, 0.6) is 0 Å². The molecule has 0 saturated heterocycles. The summed E-state index contributed by atoms with van der Waals surface area (Å²) >= 11 is 2.52. The molecular weight excluding hydrogens is 331 g/mol. The molecule has 106 valence electrons. The van der Waals surface area contributed by atoms with Gasteiger partial charge in [-0.2, -0.15) is 0 Å². The van der Waals surface area contributed by atoms with E-state index in [4.69, 9.17) is 0 Å². The molecule has 0 atom stereocenters. The van der Waals surface area contributed by atoms with E-state index in [0.29, 0.717) is 0 Å². The van der Waals surface area contributed by atoms with Crippen molar-refractivity contribution in [1.82, 2.24) is 0 Å². The van der Waals surface area contributed by atoms with Crippen LogP contribution in [-0.4, -0.2) is 0 Å². The molecule has 0 aliphatic heterocycles. The van der Waals surface area contributed by atoms with Gasteiger partial charge in [0.15, 0.2) is 0 Å². The highest BCUT2D eigenvalue weighted by molar-refractivity contribution is 14.1. The van der Waals surface area contributed by atoms with Gasteiger partial charge in [-0.05, 0) is 58.8 Å². The van der Waals surface area contributed by atoms with Gasteiger partial charge in [-0.1, -0.05) is 70.1 Å². The molecule has 0 aromatic heterocycles. The van der Waals surface area contributed by atoms with Gasteiger partial charge < -0.3 is 0 Å². The number of hydrogen-bond donors (Lipinski definition) is 0. The quantitative estimate of drug-likeness (QED) is 0.207. The van der Waals surface area contributed by atoms with Crippen molar-refractivity contribution in [2.24, 2.45) is 0 Å². The first-order valence-corrected chi connectivity index (χ1v) is 8.83. The van der Waals surface area contributed by atoms with Crippen LogP contribution in [0, 0.1) is 0 Å². The first-order chi connectivity index (χ1) is 8.74. The van der Waals surface area contributed by atoms with Crippen LogP contribution in [0.1, 0.15) is 85.0 Å². The maximum absolute atomic E-state index is 2.52. The summed E-state index contributed by atoms with van der Waals surface area (Å²) in [6.07, 6.45) is 18.1. The van der Waals surface area contributed by atoms with Gasteiger partial charge in [-0.3, -0.25) is 0 Å². The lowest BCUT2D eigenvalue weighted by atomic mass is 10.0. The third-order valence-corrected chi connectivity index (χ3v) is 4.15. The van der Waals surface area contributed by atoms with E-state index < -0.39 is 0 Å². The van der Waals surface area contributed by atoms with E-state index in [-0.39, 0.29) is 0 Å². The molecule has 0 N–H and O–H groups in total. The van der Waals surface area contributed by atoms with Crippen molar-refractivity contribution < 1.29 is 0 Å². The van der Waals surface area contributed by atoms with Crippen LogP contribution in [0.3, 0.4) is 0 Å². The van der Waals surface area contributed by atoms with E-state index in [1.54, 1.807) is 0 Å².